The van der Waals surface area contributed by atoms with Gasteiger partial charge < -0.3 is 15.8 Å². The van der Waals surface area contributed by atoms with Gasteiger partial charge in [-0.25, -0.2) is 0 Å². The summed E-state index contributed by atoms with van der Waals surface area (Å²) in [6.45, 7) is 1.40. The van der Waals surface area contributed by atoms with Crippen molar-refractivity contribution in [2.24, 2.45) is 0 Å². The Bertz CT molecular complexity index is 641. The molecular formula is C14H13Br2N3O. The monoisotopic (exact) mass is 397 g/mol. The zero-order valence-corrected chi connectivity index (χ0v) is 13.8. The Labute approximate surface area is 134 Å². The van der Waals surface area contributed by atoms with Gasteiger partial charge in [-0.2, -0.15) is 0 Å². The van der Waals surface area contributed by atoms with Crippen LogP contribution < -0.4 is 15.8 Å². The van der Waals surface area contributed by atoms with E-state index in [2.05, 4.69) is 54.3 Å². The summed E-state index contributed by atoms with van der Waals surface area (Å²) in [5.74, 6) is 0.990. The summed E-state index contributed by atoms with van der Waals surface area (Å²) in [5, 5.41) is 3.34. The fourth-order valence-electron chi connectivity index (χ4n) is 2.30. The van der Waals surface area contributed by atoms with Gasteiger partial charge in [-0.3, -0.25) is 4.98 Å². The third-order valence-electron chi connectivity index (χ3n) is 3.21. The highest BCUT2D eigenvalue weighted by Gasteiger charge is 2.17. The Morgan fingerprint density at radius 2 is 2.15 bits per heavy atom. The number of nitrogen functional groups attached to an aromatic ring is 1. The van der Waals surface area contributed by atoms with Crippen LogP contribution >= 0.6 is 31.9 Å². The van der Waals surface area contributed by atoms with E-state index >= 15 is 0 Å². The van der Waals surface area contributed by atoms with E-state index < -0.39 is 0 Å². The minimum Gasteiger partial charge on any atom is -0.493 e. The Morgan fingerprint density at radius 1 is 1.30 bits per heavy atom. The SMILES string of the molecule is Nc1cncc(Br)c1NCc1cc(Br)cc2c1OCC2. The number of benzene rings is 1. The number of anilines is 2. The molecule has 0 unspecified atom stereocenters. The number of nitrogens with zero attached hydrogens (tertiary/aromatic N) is 1. The molecule has 3 N–H and O–H groups in total. The van der Waals surface area contributed by atoms with Gasteiger partial charge in [-0.15, -0.1) is 0 Å². The van der Waals surface area contributed by atoms with E-state index in [0.717, 1.165) is 39.0 Å². The molecule has 1 aromatic carbocycles. The zero-order chi connectivity index (χ0) is 14.1. The highest BCUT2D eigenvalue weighted by molar-refractivity contribution is 9.10. The van der Waals surface area contributed by atoms with Gasteiger partial charge in [-0.1, -0.05) is 15.9 Å². The molecule has 2 heterocycles. The zero-order valence-electron chi connectivity index (χ0n) is 10.6. The molecule has 1 aromatic heterocycles. The quantitative estimate of drug-likeness (QED) is 0.826. The standard InChI is InChI=1S/C14H13Br2N3O/c15-10-3-8-1-2-20-14(8)9(4-10)5-19-13-11(16)6-18-7-12(13)17/h3-4,6-7H,1-2,5,17H2,(H,18,19). The van der Waals surface area contributed by atoms with Crippen molar-refractivity contribution in [3.63, 3.8) is 0 Å². The lowest BCUT2D eigenvalue weighted by Crippen LogP contribution is -2.05. The third-order valence-corrected chi connectivity index (χ3v) is 4.27. The van der Waals surface area contributed by atoms with E-state index in [4.69, 9.17) is 10.5 Å². The number of pyridine rings is 1. The molecule has 20 heavy (non-hydrogen) atoms. The van der Waals surface area contributed by atoms with Crippen LogP contribution in [0.25, 0.3) is 0 Å². The number of rotatable bonds is 3. The van der Waals surface area contributed by atoms with Crippen molar-refractivity contribution in [1.29, 1.82) is 0 Å². The lowest BCUT2D eigenvalue weighted by atomic mass is 10.1. The van der Waals surface area contributed by atoms with Crippen molar-refractivity contribution >= 4 is 43.2 Å². The molecular weight excluding hydrogens is 386 g/mol. The van der Waals surface area contributed by atoms with E-state index in [1.54, 1.807) is 12.4 Å². The largest absolute Gasteiger partial charge is 0.493 e. The second-order valence-electron chi connectivity index (χ2n) is 4.59. The summed E-state index contributed by atoms with van der Waals surface area (Å²) in [6.07, 6.45) is 4.32. The number of nitrogens with one attached hydrogen (secondary N) is 1. The summed E-state index contributed by atoms with van der Waals surface area (Å²) in [5.41, 5.74) is 9.77. The van der Waals surface area contributed by atoms with Gasteiger partial charge in [0.25, 0.3) is 0 Å². The Morgan fingerprint density at radius 3 is 2.95 bits per heavy atom. The maximum Gasteiger partial charge on any atom is 0.127 e. The second kappa shape index (κ2) is 5.61. The molecule has 4 nitrogen and oxygen atoms in total. The molecule has 1 aliphatic rings. The minimum absolute atomic E-state index is 0.618. The molecule has 6 heteroatoms. The van der Waals surface area contributed by atoms with Crippen LogP contribution in [0.4, 0.5) is 11.4 Å². The van der Waals surface area contributed by atoms with E-state index in [1.165, 1.54) is 5.56 Å². The average molecular weight is 399 g/mol. The van der Waals surface area contributed by atoms with Crippen LogP contribution in [-0.4, -0.2) is 11.6 Å². The van der Waals surface area contributed by atoms with Crippen molar-refractivity contribution < 1.29 is 4.74 Å². The molecule has 0 atom stereocenters. The smallest absolute Gasteiger partial charge is 0.127 e. The summed E-state index contributed by atoms with van der Waals surface area (Å²) >= 11 is 7.00. The van der Waals surface area contributed by atoms with Crippen LogP contribution in [0, 0.1) is 0 Å². The van der Waals surface area contributed by atoms with Crippen LogP contribution in [0.1, 0.15) is 11.1 Å². The number of hydrogen-bond acceptors (Lipinski definition) is 4. The highest BCUT2D eigenvalue weighted by Crippen LogP contribution is 2.34. The summed E-state index contributed by atoms with van der Waals surface area (Å²) < 4.78 is 7.64. The van der Waals surface area contributed by atoms with Crippen LogP contribution in [0.15, 0.2) is 33.5 Å². The second-order valence-corrected chi connectivity index (χ2v) is 6.36. The van der Waals surface area contributed by atoms with Crippen molar-refractivity contribution in [2.45, 2.75) is 13.0 Å². The number of hydrogen-bond donors (Lipinski definition) is 2. The van der Waals surface area contributed by atoms with Crippen molar-refractivity contribution in [3.05, 3.63) is 44.6 Å². The van der Waals surface area contributed by atoms with Crippen LogP contribution in [-0.2, 0) is 13.0 Å². The number of halogens is 2. The average Bonchev–Trinajstić information content (AvgIpc) is 2.86. The van der Waals surface area contributed by atoms with E-state index in [0.29, 0.717) is 12.2 Å². The minimum atomic E-state index is 0.618. The summed E-state index contributed by atoms with van der Waals surface area (Å²) in [6, 6.07) is 4.19. The number of ether oxygens (including phenoxy) is 1. The van der Waals surface area contributed by atoms with E-state index in [9.17, 15) is 0 Å². The maximum absolute atomic E-state index is 5.93. The number of aromatic nitrogens is 1. The van der Waals surface area contributed by atoms with Crippen molar-refractivity contribution in [3.8, 4) is 5.75 Å². The first-order valence-electron chi connectivity index (χ1n) is 6.22. The topological polar surface area (TPSA) is 60.2 Å². The molecule has 0 spiro atoms. The van der Waals surface area contributed by atoms with Crippen molar-refractivity contribution in [1.82, 2.24) is 4.98 Å². The molecule has 0 bridgehead atoms. The molecule has 0 amide bonds. The normalized spacial score (nSPS) is 12.9. The number of fused-ring (bicyclic) bond motifs is 1. The van der Waals surface area contributed by atoms with E-state index in [1.807, 2.05) is 0 Å². The Kier molecular flexibility index (Phi) is 3.85. The first kappa shape index (κ1) is 13.7. The van der Waals surface area contributed by atoms with Gasteiger partial charge in [0.2, 0.25) is 0 Å². The molecule has 0 saturated carbocycles. The van der Waals surface area contributed by atoms with E-state index in [-0.39, 0.29) is 0 Å². The number of nitrogens with two attached hydrogens (primary N) is 1. The fraction of sp³-hybridized carbons (Fsp3) is 0.214. The summed E-state index contributed by atoms with van der Waals surface area (Å²) in [7, 11) is 0. The maximum atomic E-state index is 5.93. The van der Waals surface area contributed by atoms with Crippen LogP contribution in [0.2, 0.25) is 0 Å². The van der Waals surface area contributed by atoms with Crippen LogP contribution in [0.3, 0.4) is 0 Å². The Hall–Kier alpha value is -1.27. The fourth-order valence-corrected chi connectivity index (χ4v) is 3.34. The predicted octanol–water partition coefficient (Wildman–Crippen LogP) is 3.74. The lowest BCUT2D eigenvalue weighted by Gasteiger charge is -2.13. The molecule has 2 aromatic rings. The molecule has 104 valence electrons. The molecule has 0 saturated heterocycles. The third kappa shape index (κ3) is 2.62. The van der Waals surface area contributed by atoms with Gasteiger partial charge in [0.1, 0.15) is 5.75 Å². The van der Waals surface area contributed by atoms with Gasteiger partial charge in [0, 0.05) is 29.2 Å². The van der Waals surface area contributed by atoms with Crippen LogP contribution in [0.5, 0.6) is 5.75 Å². The molecule has 0 fully saturated rings. The van der Waals surface area contributed by atoms with Gasteiger partial charge in [0.15, 0.2) is 0 Å². The molecule has 0 aliphatic carbocycles. The lowest BCUT2D eigenvalue weighted by molar-refractivity contribution is 0.354. The highest BCUT2D eigenvalue weighted by atomic mass is 79.9. The van der Waals surface area contributed by atoms with Gasteiger partial charge in [0.05, 0.1) is 28.7 Å². The first-order valence-corrected chi connectivity index (χ1v) is 7.80. The van der Waals surface area contributed by atoms with Gasteiger partial charge >= 0.3 is 0 Å². The molecule has 0 radical (unpaired) electrons. The predicted molar refractivity (Wildman–Crippen MR) is 87.0 cm³/mol. The molecule has 1 aliphatic heterocycles. The Balaban J connectivity index is 1.86. The molecule has 3 rings (SSSR count). The first-order chi connectivity index (χ1) is 9.65. The summed E-state index contributed by atoms with van der Waals surface area (Å²) in [4.78, 5) is 4.03. The van der Waals surface area contributed by atoms with Gasteiger partial charge in [-0.05, 0) is 33.6 Å². The van der Waals surface area contributed by atoms with Crippen molar-refractivity contribution in [2.75, 3.05) is 17.7 Å².